The van der Waals surface area contributed by atoms with Crippen LogP contribution >= 0.6 is 0 Å². The molecule has 0 fully saturated rings. The van der Waals surface area contributed by atoms with Gasteiger partial charge in [-0.2, -0.15) is 0 Å². The summed E-state index contributed by atoms with van der Waals surface area (Å²) >= 11 is 0. The fourth-order valence-corrected chi connectivity index (χ4v) is 3.35. The summed E-state index contributed by atoms with van der Waals surface area (Å²) in [6, 6.07) is 4.83. The molecule has 1 aliphatic carbocycles. The number of benzene rings is 1. The minimum atomic E-state index is 0.369. The van der Waals surface area contributed by atoms with Crippen LogP contribution in [-0.2, 0) is 6.42 Å². The zero-order valence-electron chi connectivity index (χ0n) is 12.8. The Balaban J connectivity index is 2.01. The maximum absolute atomic E-state index is 5.76. The standard InChI is InChI=1S/C17H25NO2/c1-4-18-14-11-17(2,3)6-5-12-9-15-16(10-13(12)14)20-8-7-19-15/h9-10,14,18H,4-8,11H2,1-3H3. The first-order valence-electron chi connectivity index (χ1n) is 7.75. The second kappa shape index (κ2) is 5.28. The van der Waals surface area contributed by atoms with Crippen LogP contribution in [0.15, 0.2) is 12.1 Å². The molecule has 1 N–H and O–H groups in total. The lowest BCUT2D eigenvalue weighted by atomic mass is 9.83. The molecule has 0 amide bonds. The highest BCUT2D eigenvalue weighted by Gasteiger charge is 2.30. The summed E-state index contributed by atoms with van der Waals surface area (Å²) in [6.07, 6.45) is 3.52. The van der Waals surface area contributed by atoms with Gasteiger partial charge in [0.05, 0.1) is 0 Å². The van der Waals surface area contributed by atoms with Crippen molar-refractivity contribution in [3.8, 4) is 11.5 Å². The number of hydrogen-bond acceptors (Lipinski definition) is 3. The van der Waals surface area contributed by atoms with E-state index >= 15 is 0 Å². The summed E-state index contributed by atoms with van der Waals surface area (Å²) in [5.74, 6) is 1.84. The maximum Gasteiger partial charge on any atom is 0.161 e. The van der Waals surface area contributed by atoms with Gasteiger partial charge in [0.2, 0.25) is 0 Å². The van der Waals surface area contributed by atoms with Crippen LogP contribution in [0.4, 0.5) is 0 Å². The van der Waals surface area contributed by atoms with Crippen LogP contribution < -0.4 is 14.8 Å². The van der Waals surface area contributed by atoms with Gasteiger partial charge in [0, 0.05) is 6.04 Å². The second-order valence-corrected chi connectivity index (χ2v) is 6.67. The molecule has 3 nitrogen and oxygen atoms in total. The number of hydrogen-bond donors (Lipinski definition) is 1. The summed E-state index contributed by atoms with van der Waals surface area (Å²) in [5.41, 5.74) is 3.20. The first-order valence-corrected chi connectivity index (χ1v) is 7.75. The number of aryl methyl sites for hydroxylation is 1. The molecule has 1 aromatic carbocycles. The van der Waals surface area contributed by atoms with Crippen LogP contribution in [0.3, 0.4) is 0 Å². The van der Waals surface area contributed by atoms with E-state index in [4.69, 9.17) is 9.47 Å². The topological polar surface area (TPSA) is 30.5 Å². The fraction of sp³-hybridized carbons (Fsp3) is 0.647. The van der Waals surface area contributed by atoms with Gasteiger partial charge in [-0.15, -0.1) is 0 Å². The SMILES string of the molecule is CCNC1CC(C)(C)CCc2cc3c(cc21)OCCO3. The van der Waals surface area contributed by atoms with Crippen molar-refractivity contribution in [1.82, 2.24) is 5.32 Å². The number of nitrogens with one attached hydrogen (secondary N) is 1. The molecule has 1 aromatic rings. The Bertz CT molecular complexity index is 496. The fourth-order valence-electron chi connectivity index (χ4n) is 3.35. The summed E-state index contributed by atoms with van der Waals surface area (Å²) in [6.45, 7) is 9.23. The molecule has 0 radical (unpaired) electrons. The van der Waals surface area contributed by atoms with Crippen molar-refractivity contribution in [1.29, 1.82) is 0 Å². The highest BCUT2D eigenvalue weighted by Crippen LogP contribution is 2.43. The van der Waals surface area contributed by atoms with Gasteiger partial charge in [-0.05, 0) is 54.5 Å². The Kier molecular flexibility index (Phi) is 3.63. The van der Waals surface area contributed by atoms with Crippen molar-refractivity contribution in [2.75, 3.05) is 19.8 Å². The normalized spacial score (nSPS) is 23.9. The van der Waals surface area contributed by atoms with Gasteiger partial charge in [-0.25, -0.2) is 0 Å². The largest absolute Gasteiger partial charge is 0.486 e. The average Bonchev–Trinajstić information content (AvgIpc) is 2.54. The lowest BCUT2D eigenvalue weighted by molar-refractivity contribution is 0.171. The van der Waals surface area contributed by atoms with Crippen LogP contribution in [0.25, 0.3) is 0 Å². The van der Waals surface area contributed by atoms with E-state index in [0.29, 0.717) is 24.7 Å². The first-order chi connectivity index (χ1) is 9.59. The molecule has 0 aromatic heterocycles. The molecular formula is C17H25NO2. The molecule has 1 unspecified atom stereocenters. The van der Waals surface area contributed by atoms with Crippen molar-refractivity contribution >= 4 is 0 Å². The Hall–Kier alpha value is -1.22. The zero-order chi connectivity index (χ0) is 14.2. The van der Waals surface area contributed by atoms with E-state index in [1.807, 2.05) is 0 Å². The van der Waals surface area contributed by atoms with Crippen LogP contribution in [0.2, 0.25) is 0 Å². The van der Waals surface area contributed by atoms with Gasteiger partial charge in [0.25, 0.3) is 0 Å². The van der Waals surface area contributed by atoms with Crippen molar-refractivity contribution in [3.05, 3.63) is 23.3 Å². The van der Waals surface area contributed by atoms with Gasteiger partial charge in [0.15, 0.2) is 11.5 Å². The molecule has 0 saturated heterocycles. The third-order valence-electron chi connectivity index (χ3n) is 4.46. The zero-order valence-corrected chi connectivity index (χ0v) is 12.8. The average molecular weight is 275 g/mol. The van der Waals surface area contributed by atoms with Crippen molar-refractivity contribution < 1.29 is 9.47 Å². The van der Waals surface area contributed by atoms with E-state index < -0.39 is 0 Å². The number of rotatable bonds is 2. The number of fused-ring (bicyclic) bond motifs is 2. The summed E-state index contributed by atoms with van der Waals surface area (Å²) in [4.78, 5) is 0. The summed E-state index contributed by atoms with van der Waals surface area (Å²) in [7, 11) is 0. The lowest BCUT2D eigenvalue weighted by Gasteiger charge is -2.28. The lowest BCUT2D eigenvalue weighted by Crippen LogP contribution is -2.26. The molecule has 2 aliphatic rings. The van der Waals surface area contributed by atoms with Gasteiger partial charge in [-0.3, -0.25) is 0 Å². The summed E-state index contributed by atoms with van der Waals surface area (Å²) in [5, 5.41) is 3.65. The van der Waals surface area contributed by atoms with Gasteiger partial charge in [0.1, 0.15) is 13.2 Å². The predicted molar refractivity (Wildman–Crippen MR) is 80.6 cm³/mol. The molecular weight excluding hydrogens is 250 g/mol. The first kappa shape index (κ1) is 13.7. The van der Waals surface area contributed by atoms with Crippen molar-refractivity contribution in [2.45, 2.75) is 46.1 Å². The van der Waals surface area contributed by atoms with Crippen LogP contribution in [0.5, 0.6) is 11.5 Å². The van der Waals surface area contributed by atoms with E-state index in [1.54, 1.807) is 0 Å². The number of ether oxygens (including phenoxy) is 2. The molecule has 1 aliphatic heterocycles. The molecule has 0 saturated carbocycles. The predicted octanol–water partition coefficient (Wildman–Crippen LogP) is 3.47. The van der Waals surface area contributed by atoms with Gasteiger partial charge < -0.3 is 14.8 Å². The van der Waals surface area contributed by atoms with Crippen LogP contribution in [-0.4, -0.2) is 19.8 Å². The maximum atomic E-state index is 5.76. The molecule has 0 bridgehead atoms. The molecule has 3 heteroatoms. The second-order valence-electron chi connectivity index (χ2n) is 6.67. The smallest absolute Gasteiger partial charge is 0.161 e. The minimum Gasteiger partial charge on any atom is -0.486 e. The summed E-state index contributed by atoms with van der Waals surface area (Å²) < 4.78 is 11.5. The molecule has 110 valence electrons. The minimum absolute atomic E-state index is 0.369. The molecule has 3 rings (SSSR count). The van der Waals surface area contributed by atoms with Crippen LogP contribution in [0.1, 0.15) is 50.8 Å². The Morgan fingerprint density at radius 1 is 1.20 bits per heavy atom. The third kappa shape index (κ3) is 2.64. The quantitative estimate of drug-likeness (QED) is 0.838. The van der Waals surface area contributed by atoms with Crippen molar-refractivity contribution in [3.63, 3.8) is 0 Å². The molecule has 20 heavy (non-hydrogen) atoms. The van der Waals surface area contributed by atoms with E-state index in [0.717, 1.165) is 24.5 Å². The highest BCUT2D eigenvalue weighted by molar-refractivity contribution is 5.49. The Labute approximate surface area is 121 Å². The Morgan fingerprint density at radius 2 is 1.90 bits per heavy atom. The molecule has 1 atom stereocenters. The van der Waals surface area contributed by atoms with Crippen molar-refractivity contribution in [2.24, 2.45) is 5.41 Å². The van der Waals surface area contributed by atoms with E-state index in [-0.39, 0.29) is 0 Å². The molecule has 1 heterocycles. The third-order valence-corrected chi connectivity index (χ3v) is 4.46. The van der Waals surface area contributed by atoms with E-state index in [1.165, 1.54) is 24.0 Å². The van der Waals surface area contributed by atoms with E-state index in [2.05, 4.69) is 38.2 Å². The van der Waals surface area contributed by atoms with Gasteiger partial charge >= 0.3 is 0 Å². The van der Waals surface area contributed by atoms with E-state index in [9.17, 15) is 0 Å². The molecule has 0 spiro atoms. The van der Waals surface area contributed by atoms with Gasteiger partial charge in [-0.1, -0.05) is 20.8 Å². The highest BCUT2D eigenvalue weighted by atomic mass is 16.6. The Morgan fingerprint density at radius 3 is 2.60 bits per heavy atom. The monoisotopic (exact) mass is 275 g/mol. The van der Waals surface area contributed by atoms with Crippen LogP contribution in [0, 0.1) is 5.41 Å².